The van der Waals surface area contributed by atoms with Gasteiger partial charge in [-0.3, -0.25) is 14.9 Å². The van der Waals surface area contributed by atoms with Gasteiger partial charge in [-0.15, -0.1) is 11.8 Å². The van der Waals surface area contributed by atoms with Gasteiger partial charge in [0, 0.05) is 11.0 Å². The summed E-state index contributed by atoms with van der Waals surface area (Å²) in [6.07, 6.45) is -3.69. The Balaban J connectivity index is 3.04. The quantitative estimate of drug-likeness (QED) is 0.157. The topological polar surface area (TPSA) is 104 Å². The smallest absolute Gasteiger partial charge is 0.381 e. The van der Waals surface area contributed by atoms with E-state index in [0.29, 0.717) is 0 Å². The number of nitro groups is 1. The average molecular weight is 505 g/mol. The highest BCUT2D eigenvalue weighted by molar-refractivity contribution is 7.98. The molecule has 0 aliphatic rings. The second kappa shape index (κ2) is 9.13. The largest absolute Gasteiger partial charge is 0.458 e. The second-order valence-corrected chi connectivity index (χ2v) is 8.55. The molecule has 1 aromatic carbocycles. The summed E-state index contributed by atoms with van der Waals surface area (Å²) >= 11 is 0.991. The van der Waals surface area contributed by atoms with Crippen LogP contribution in [0.3, 0.4) is 0 Å². The van der Waals surface area contributed by atoms with Gasteiger partial charge in [0.2, 0.25) is 0 Å². The Morgan fingerprint density at radius 2 is 1.74 bits per heavy atom. The van der Waals surface area contributed by atoms with Crippen LogP contribution in [0.2, 0.25) is 0 Å². The lowest BCUT2D eigenvalue weighted by Crippen LogP contribution is -2.59. The summed E-state index contributed by atoms with van der Waals surface area (Å²) in [5.74, 6) is -23.2. The molecule has 17 heteroatoms. The van der Waals surface area contributed by atoms with Crippen LogP contribution in [0.15, 0.2) is 28.0 Å². The number of rotatable bonds is 10. The number of ether oxygens (including phenoxy) is 1. The van der Waals surface area contributed by atoms with Crippen molar-refractivity contribution in [3.8, 4) is 0 Å². The van der Waals surface area contributed by atoms with E-state index >= 15 is 0 Å². The minimum Gasteiger partial charge on any atom is -0.458 e. The fourth-order valence-electron chi connectivity index (χ4n) is 1.95. The SMILES string of the molecule is CSc1ccc(S(=O)(=O)CC(=O)OCC(F)(F)C(F)(F)C(F)(F)C(F)F)c([N+](=O)[O-])c1. The van der Waals surface area contributed by atoms with Crippen LogP contribution in [-0.2, 0) is 19.4 Å². The van der Waals surface area contributed by atoms with Gasteiger partial charge in [0.15, 0.2) is 22.2 Å². The maximum atomic E-state index is 13.3. The van der Waals surface area contributed by atoms with Gasteiger partial charge >= 0.3 is 30.2 Å². The van der Waals surface area contributed by atoms with Crippen LogP contribution in [0.4, 0.5) is 40.8 Å². The summed E-state index contributed by atoms with van der Waals surface area (Å²) in [7, 11) is -4.93. The Morgan fingerprint density at radius 1 is 1.19 bits per heavy atom. The first-order chi connectivity index (χ1) is 13.9. The van der Waals surface area contributed by atoms with E-state index in [9.17, 15) is 58.4 Å². The summed E-state index contributed by atoms with van der Waals surface area (Å²) in [6.45, 7) is -2.86. The molecule has 176 valence electrons. The van der Waals surface area contributed by atoms with Gasteiger partial charge in [0.1, 0.15) is 4.90 Å². The molecule has 0 N–H and O–H groups in total. The van der Waals surface area contributed by atoms with Crippen LogP contribution < -0.4 is 0 Å². The van der Waals surface area contributed by atoms with Crippen molar-refractivity contribution in [3.05, 3.63) is 28.3 Å². The molecule has 0 unspecified atom stereocenters. The number of nitro benzene ring substituents is 1. The zero-order valence-electron chi connectivity index (χ0n) is 15.0. The first kappa shape index (κ1) is 26.9. The minimum absolute atomic E-state index is 0.245. The van der Waals surface area contributed by atoms with E-state index in [1.165, 1.54) is 6.26 Å². The number of alkyl halides is 8. The Bertz CT molecular complexity index is 954. The highest BCUT2D eigenvalue weighted by Gasteiger charge is 2.75. The molecule has 1 rings (SSSR count). The Hall–Kier alpha value is -2.17. The third kappa shape index (κ3) is 5.55. The molecule has 31 heavy (non-hydrogen) atoms. The van der Waals surface area contributed by atoms with Crippen LogP contribution in [0.5, 0.6) is 0 Å². The van der Waals surface area contributed by atoms with Crippen LogP contribution in [0.25, 0.3) is 0 Å². The highest BCUT2D eigenvalue weighted by atomic mass is 32.2. The van der Waals surface area contributed by atoms with E-state index in [1.54, 1.807) is 0 Å². The standard InChI is InChI=1S/C14H11F8NO6S2/c1-30-7-2-3-9(8(4-7)23(25)26)31(27,28)5-10(24)29-6-12(17,18)14(21,22)13(19,20)11(15)16/h2-4,11H,5-6H2,1H3. The molecule has 0 saturated carbocycles. The summed E-state index contributed by atoms with van der Waals surface area (Å²) in [5, 5.41) is 11.0. The molecule has 0 amide bonds. The number of hydrogen-bond donors (Lipinski definition) is 0. The number of nitrogens with zero attached hydrogens (tertiary/aromatic N) is 1. The lowest BCUT2D eigenvalue weighted by Gasteiger charge is -2.31. The van der Waals surface area contributed by atoms with Crippen molar-refractivity contribution in [1.82, 2.24) is 0 Å². The van der Waals surface area contributed by atoms with E-state index in [4.69, 9.17) is 0 Å². The molecular weight excluding hydrogens is 494 g/mol. The van der Waals surface area contributed by atoms with Gasteiger partial charge in [-0.25, -0.2) is 17.2 Å². The second-order valence-electron chi connectivity index (χ2n) is 5.71. The first-order valence-electron chi connectivity index (χ1n) is 7.53. The number of benzene rings is 1. The van der Waals surface area contributed by atoms with Crippen molar-refractivity contribution in [2.75, 3.05) is 18.6 Å². The maximum absolute atomic E-state index is 13.3. The number of carbonyl (C=O) groups excluding carboxylic acids is 1. The number of hydrogen-bond acceptors (Lipinski definition) is 7. The van der Waals surface area contributed by atoms with E-state index in [2.05, 4.69) is 4.74 Å². The van der Waals surface area contributed by atoms with Crippen molar-refractivity contribution in [1.29, 1.82) is 0 Å². The molecule has 0 atom stereocenters. The average Bonchev–Trinajstić information content (AvgIpc) is 2.65. The third-order valence-electron chi connectivity index (χ3n) is 3.57. The zero-order valence-corrected chi connectivity index (χ0v) is 16.6. The van der Waals surface area contributed by atoms with Crippen molar-refractivity contribution in [2.45, 2.75) is 34.0 Å². The molecule has 0 aliphatic heterocycles. The van der Waals surface area contributed by atoms with E-state index in [-0.39, 0.29) is 4.90 Å². The molecule has 0 bridgehead atoms. The number of carbonyl (C=O) groups is 1. The van der Waals surface area contributed by atoms with E-state index < -0.39 is 67.9 Å². The molecule has 0 spiro atoms. The highest BCUT2D eigenvalue weighted by Crippen LogP contribution is 2.48. The van der Waals surface area contributed by atoms with Gasteiger partial charge in [0.25, 0.3) is 5.69 Å². The molecule has 0 aliphatic carbocycles. The van der Waals surface area contributed by atoms with Crippen LogP contribution in [-0.4, -0.2) is 62.1 Å². The van der Waals surface area contributed by atoms with Crippen molar-refractivity contribution in [3.63, 3.8) is 0 Å². The predicted molar refractivity (Wildman–Crippen MR) is 88.7 cm³/mol. The normalized spacial score (nSPS) is 13.4. The van der Waals surface area contributed by atoms with E-state index in [0.717, 1.165) is 30.0 Å². The molecule has 0 aromatic heterocycles. The van der Waals surface area contributed by atoms with E-state index in [1.807, 2.05) is 0 Å². The zero-order chi connectivity index (χ0) is 24.4. The third-order valence-corrected chi connectivity index (χ3v) is 5.93. The lowest BCUT2D eigenvalue weighted by molar-refractivity contribution is -0.388. The molecule has 0 fully saturated rings. The fraction of sp³-hybridized carbons (Fsp3) is 0.500. The Morgan fingerprint density at radius 3 is 2.19 bits per heavy atom. The Kier molecular flexibility index (Phi) is 7.92. The number of thioether (sulfide) groups is 1. The summed E-state index contributed by atoms with van der Waals surface area (Å²) in [4.78, 5) is 20.6. The molecule has 0 radical (unpaired) electrons. The molecular formula is C14H11F8NO6S2. The van der Waals surface area contributed by atoms with Gasteiger partial charge in [0.05, 0.1) is 4.92 Å². The van der Waals surface area contributed by atoms with Gasteiger partial charge in [-0.05, 0) is 18.4 Å². The van der Waals surface area contributed by atoms with Crippen molar-refractivity contribution >= 4 is 33.3 Å². The minimum atomic E-state index is -6.65. The monoisotopic (exact) mass is 505 g/mol. The number of halogens is 8. The number of sulfone groups is 1. The van der Waals surface area contributed by atoms with Crippen LogP contribution in [0, 0.1) is 10.1 Å². The molecule has 0 saturated heterocycles. The van der Waals surface area contributed by atoms with Gasteiger partial charge in [-0.1, -0.05) is 0 Å². The van der Waals surface area contributed by atoms with Crippen molar-refractivity contribution < 1.29 is 58.0 Å². The van der Waals surface area contributed by atoms with Gasteiger partial charge < -0.3 is 4.74 Å². The summed E-state index contributed by atoms with van der Waals surface area (Å²) < 4.78 is 130. The number of esters is 1. The molecule has 7 nitrogen and oxygen atoms in total. The fourth-order valence-corrected chi connectivity index (χ4v) is 3.66. The van der Waals surface area contributed by atoms with Crippen LogP contribution >= 0.6 is 11.8 Å². The lowest BCUT2D eigenvalue weighted by atomic mass is 10.1. The molecule has 0 heterocycles. The maximum Gasteiger partial charge on any atom is 0.381 e. The first-order valence-corrected chi connectivity index (χ1v) is 10.4. The molecule has 1 aromatic rings. The Labute approximate surface area is 172 Å². The predicted octanol–water partition coefficient (Wildman–Crippen LogP) is 3.80. The van der Waals surface area contributed by atoms with Crippen molar-refractivity contribution in [2.24, 2.45) is 0 Å². The summed E-state index contributed by atoms with van der Waals surface area (Å²) in [5.41, 5.74) is -0.993. The summed E-state index contributed by atoms with van der Waals surface area (Å²) in [6, 6.07) is 2.65. The van der Waals surface area contributed by atoms with Crippen LogP contribution in [0.1, 0.15) is 0 Å². The van der Waals surface area contributed by atoms with Gasteiger partial charge in [-0.2, -0.15) is 26.3 Å².